The molecule has 1 aliphatic heterocycles. The van der Waals surface area contributed by atoms with Crippen molar-refractivity contribution < 1.29 is 14.3 Å². The second-order valence-electron chi connectivity index (χ2n) is 5.89. The van der Waals surface area contributed by atoms with Crippen molar-refractivity contribution in [2.75, 3.05) is 13.7 Å². The van der Waals surface area contributed by atoms with Gasteiger partial charge in [0, 0.05) is 19.8 Å². The Morgan fingerprint density at radius 3 is 2.38 bits per heavy atom. The fourth-order valence-electron chi connectivity index (χ4n) is 3.30. The van der Waals surface area contributed by atoms with Crippen LogP contribution in [0.4, 0.5) is 0 Å². The minimum absolute atomic E-state index is 0.00255. The van der Waals surface area contributed by atoms with Gasteiger partial charge in [-0.05, 0) is 32.6 Å². The molecule has 21 heavy (non-hydrogen) atoms. The molecule has 0 radical (unpaired) electrons. The van der Waals surface area contributed by atoms with E-state index in [0.717, 1.165) is 12.8 Å². The van der Waals surface area contributed by atoms with Crippen molar-refractivity contribution in [2.24, 2.45) is 0 Å². The third kappa shape index (κ3) is 3.39. The Kier molecular flexibility index (Phi) is 6.65. The highest BCUT2D eigenvalue weighted by atomic mass is 16.5. The van der Waals surface area contributed by atoms with Crippen molar-refractivity contribution >= 4 is 11.8 Å². The van der Waals surface area contributed by atoms with Crippen LogP contribution in [0.3, 0.4) is 0 Å². The summed E-state index contributed by atoms with van der Waals surface area (Å²) in [4.78, 5) is 27.4. The maximum atomic E-state index is 12.9. The maximum Gasteiger partial charge on any atom is 0.246 e. The molecule has 1 N–H and O–H groups in total. The number of nitrogens with zero attached hydrogens (tertiary/aromatic N) is 1. The van der Waals surface area contributed by atoms with E-state index in [-0.39, 0.29) is 23.9 Å². The van der Waals surface area contributed by atoms with Gasteiger partial charge < -0.3 is 15.0 Å². The van der Waals surface area contributed by atoms with Gasteiger partial charge in [0.2, 0.25) is 11.8 Å². The SMILES string of the molecule is CCCC1NC(=O)C(CC)(CC)N(C(C)CCOC)C1=O. The summed E-state index contributed by atoms with van der Waals surface area (Å²) in [6, 6.07) is -0.374. The molecule has 2 unspecified atom stereocenters. The van der Waals surface area contributed by atoms with Gasteiger partial charge in [-0.15, -0.1) is 0 Å². The average molecular weight is 298 g/mol. The Balaban J connectivity index is 3.11. The molecule has 1 rings (SSSR count). The van der Waals surface area contributed by atoms with E-state index < -0.39 is 5.54 Å². The Bertz CT molecular complexity index is 367. The first-order chi connectivity index (χ1) is 9.98. The van der Waals surface area contributed by atoms with Crippen LogP contribution in [-0.2, 0) is 14.3 Å². The molecule has 0 aromatic heterocycles. The maximum absolute atomic E-state index is 12.9. The van der Waals surface area contributed by atoms with E-state index in [1.54, 1.807) is 7.11 Å². The van der Waals surface area contributed by atoms with Crippen LogP contribution in [0, 0.1) is 0 Å². The standard InChI is InChI=1S/C16H30N2O3/c1-6-9-13-14(19)18(12(4)10-11-21-5)16(7-2,8-3)15(20)17-13/h12-13H,6-11H2,1-5H3,(H,17,20). The number of carbonyl (C=O) groups excluding carboxylic acids is 2. The summed E-state index contributed by atoms with van der Waals surface area (Å²) >= 11 is 0. The molecule has 122 valence electrons. The Morgan fingerprint density at radius 1 is 1.29 bits per heavy atom. The van der Waals surface area contributed by atoms with Gasteiger partial charge in [0.25, 0.3) is 0 Å². The summed E-state index contributed by atoms with van der Waals surface area (Å²) in [5.74, 6) is 0.0542. The molecular formula is C16H30N2O3. The van der Waals surface area contributed by atoms with Crippen LogP contribution in [0.25, 0.3) is 0 Å². The lowest BCUT2D eigenvalue weighted by Gasteiger charge is -2.50. The first kappa shape index (κ1) is 18.0. The fourth-order valence-corrected chi connectivity index (χ4v) is 3.30. The molecule has 0 spiro atoms. The van der Waals surface area contributed by atoms with E-state index in [1.807, 2.05) is 32.6 Å². The van der Waals surface area contributed by atoms with Gasteiger partial charge in [0.15, 0.2) is 0 Å². The van der Waals surface area contributed by atoms with Crippen molar-refractivity contribution in [1.29, 1.82) is 0 Å². The van der Waals surface area contributed by atoms with Crippen LogP contribution in [0.15, 0.2) is 0 Å². The zero-order valence-corrected chi connectivity index (χ0v) is 14.1. The Hall–Kier alpha value is -1.10. The number of amides is 2. The lowest BCUT2D eigenvalue weighted by Crippen LogP contribution is -2.72. The number of methoxy groups -OCH3 is 1. The van der Waals surface area contributed by atoms with Crippen LogP contribution in [0.2, 0.25) is 0 Å². The van der Waals surface area contributed by atoms with Gasteiger partial charge in [-0.25, -0.2) is 0 Å². The van der Waals surface area contributed by atoms with Gasteiger partial charge in [0.1, 0.15) is 11.6 Å². The van der Waals surface area contributed by atoms with Crippen molar-refractivity contribution in [3.8, 4) is 0 Å². The van der Waals surface area contributed by atoms with Crippen LogP contribution in [-0.4, -0.2) is 48.1 Å². The van der Waals surface area contributed by atoms with E-state index in [9.17, 15) is 9.59 Å². The monoisotopic (exact) mass is 298 g/mol. The molecule has 1 fully saturated rings. The molecule has 1 aliphatic rings. The second kappa shape index (κ2) is 7.78. The quantitative estimate of drug-likeness (QED) is 0.746. The van der Waals surface area contributed by atoms with Crippen LogP contribution < -0.4 is 5.32 Å². The summed E-state index contributed by atoms with van der Waals surface area (Å²) in [5, 5.41) is 2.94. The minimum Gasteiger partial charge on any atom is -0.385 e. The van der Waals surface area contributed by atoms with Crippen molar-refractivity contribution in [3.05, 3.63) is 0 Å². The molecule has 0 saturated carbocycles. The molecule has 2 atom stereocenters. The van der Waals surface area contributed by atoms with Crippen LogP contribution in [0.1, 0.15) is 59.8 Å². The third-order valence-corrected chi connectivity index (χ3v) is 4.65. The van der Waals surface area contributed by atoms with Gasteiger partial charge in [0.05, 0.1) is 0 Å². The molecule has 0 aromatic carbocycles. The lowest BCUT2D eigenvalue weighted by molar-refractivity contribution is -0.162. The van der Waals surface area contributed by atoms with Crippen LogP contribution >= 0.6 is 0 Å². The van der Waals surface area contributed by atoms with E-state index >= 15 is 0 Å². The summed E-state index contributed by atoms with van der Waals surface area (Å²) in [7, 11) is 1.66. The first-order valence-corrected chi connectivity index (χ1v) is 8.11. The highest BCUT2D eigenvalue weighted by Crippen LogP contribution is 2.32. The number of ether oxygens (including phenoxy) is 1. The van der Waals surface area contributed by atoms with Crippen molar-refractivity contribution in [2.45, 2.75) is 77.4 Å². The van der Waals surface area contributed by atoms with Crippen molar-refractivity contribution in [1.82, 2.24) is 10.2 Å². The average Bonchev–Trinajstić information content (AvgIpc) is 2.48. The van der Waals surface area contributed by atoms with E-state index in [1.165, 1.54) is 0 Å². The zero-order chi connectivity index (χ0) is 16.0. The highest BCUT2D eigenvalue weighted by molar-refractivity contribution is 6.00. The summed E-state index contributed by atoms with van der Waals surface area (Å²) in [6.07, 6.45) is 3.59. The topological polar surface area (TPSA) is 58.6 Å². The van der Waals surface area contributed by atoms with Crippen LogP contribution in [0.5, 0.6) is 0 Å². The molecule has 0 aromatic rings. The number of hydrogen-bond acceptors (Lipinski definition) is 3. The van der Waals surface area contributed by atoms with E-state index in [0.29, 0.717) is 25.9 Å². The van der Waals surface area contributed by atoms with Gasteiger partial charge in [-0.3, -0.25) is 9.59 Å². The lowest BCUT2D eigenvalue weighted by atomic mass is 9.83. The van der Waals surface area contributed by atoms with Gasteiger partial charge in [-0.2, -0.15) is 0 Å². The summed E-state index contributed by atoms with van der Waals surface area (Å²) in [5.41, 5.74) is -0.714. The molecule has 5 heteroatoms. The number of nitrogens with one attached hydrogen (secondary N) is 1. The van der Waals surface area contributed by atoms with Gasteiger partial charge >= 0.3 is 0 Å². The predicted molar refractivity (Wildman–Crippen MR) is 83.0 cm³/mol. The first-order valence-electron chi connectivity index (χ1n) is 8.11. The summed E-state index contributed by atoms with van der Waals surface area (Å²) < 4.78 is 5.14. The van der Waals surface area contributed by atoms with Crippen molar-refractivity contribution in [3.63, 3.8) is 0 Å². The summed E-state index contributed by atoms with van der Waals surface area (Å²) in [6.45, 7) is 8.59. The molecule has 0 aliphatic carbocycles. The normalized spacial score (nSPS) is 23.1. The number of rotatable bonds is 8. The molecule has 1 saturated heterocycles. The van der Waals surface area contributed by atoms with Gasteiger partial charge in [-0.1, -0.05) is 27.2 Å². The second-order valence-corrected chi connectivity index (χ2v) is 5.89. The molecule has 5 nitrogen and oxygen atoms in total. The number of hydrogen-bond donors (Lipinski definition) is 1. The third-order valence-electron chi connectivity index (χ3n) is 4.65. The number of carbonyl (C=O) groups is 2. The number of piperazine rings is 1. The van der Waals surface area contributed by atoms with E-state index in [4.69, 9.17) is 4.74 Å². The molecular weight excluding hydrogens is 268 g/mol. The Morgan fingerprint density at radius 2 is 1.90 bits per heavy atom. The molecule has 2 amide bonds. The highest BCUT2D eigenvalue weighted by Gasteiger charge is 2.51. The zero-order valence-electron chi connectivity index (χ0n) is 14.1. The Labute approximate surface area is 128 Å². The predicted octanol–water partition coefficient (Wildman–Crippen LogP) is 2.10. The molecule has 1 heterocycles. The smallest absolute Gasteiger partial charge is 0.246 e. The fraction of sp³-hybridized carbons (Fsp3) is 0.875. The minimum atomic E-state index is -0.714. The largest absolute Gasteiger partial charge is 0.385 e. The molecule has 0 bridgehead atoms. The van der Waals surface area contributed by atoms with E-state index in [2.05, 4.69) is 5.32 Å².